The van der Waals surface area contributed by atoms with Gasteiger partial charge in [-0.1, -0.05) is 388 Å². The van der Waals surface area contributed by atoms with Gasteiger partial charge in [-0.25, -0.2) is 0 Å². The number of fused-ring (bicyclic) bond motifs is 14. The normalized spacial score (nSPS) is 11.7. The predicted octanol–water partition coefficient (Wildman–Crippen LogP) is 36.7. The molecule has 0 bridgehead atoms. The lowest BCUT2D eigenvalue weighted by Gasteiger charge is -2.26. The van der Waals surface area contributed by atoms with E-state index in [1.807, 2.05) is 0 Å². The van der Waals surface area contributed by atoms with Gasteiger partial charge in [-0.15, -0.1) is 0 Å². The molecule has 0 spiro atoms. The van der Waals surface area contributed by atoms with Crippen molar-refractivity contribution in [2.24, 2.45) is 0 Å². The molecule has 136 heavy (non-hydrogen) atoms. The van der Waals surface area contributed by atoms with E-state index in [4.69, 9.17) is 0 Å². The number of benzene rings is 24. The zero-order valence-corrected chi connectivity index (χ0v) is 74.4. The maximum absolute atomic E-state index is 2.46. The van der Waals surface area contributed by atoms with Crippen molar-refractivity contribution in [3.8, 4) is 112 Å². The minimum absolute atomic E-state index is 1.06. The van der Waals surface area contributed by atoms with Crippen molar-refractivity contribution in [3.63, 3.8) is 0 Å². The first-order valence-corrected chi connectivity index (χ1v) is 46.9. The van der Waals surface area contributed by atoms with Crippen molar-refractivity contribution in [2.75, 3.05) is 9.80 Å². The molecule has 0 aliphatic heterocycles. The first-order valence-electron chi connectivity index (χ1n) is 46.9. The van der Waals surface area contributed by atoms with Crippen LogP contribution in [0.15, 0.2) is 522 Å². The van der Waals surface area contributed by atoms with E-state index in [2.05, 4.69) is 541 Å². The molecule has 4 nitrogen and oxygen atoms in total. The number of nitrogens with zero attached hydrogens (tertiary/aromatic N) is 4. The number of rotatable bonds is 17. The minimum Gasteiger partial charge on any atom is -0.311 e. The van der Waals surface area contributed by atoms with Gasteiger partial charge in [-0.05, 0) is 293 Å². The second-order valence-electron chi connectivity index (χ2n) is 35.8. The predicted molar refractivity (Wildman–Crippen MR) is 578 cm³/mol. The highest BCUT2D eigenvalue weighted by molar-refractivity contribution is 6.17. The molecule has 0 aliphatic carbocycles. The van der Waals surface area contributed by atoms with Crippen LogP contribution in [0.4, 0.5) is 34.1 Å². The third kappa shape index (κ3) is 13.8. The number of hydrogen-bond acceptors (Lipinski definition) is 2. The van der Waals surface area contributed by atoms with Crippen LogP contribution >= 0.6 is 0 Å². The third-order valence-corrected chi connectivity index (χ3v) is 28.1. The minimum atomic E-state index is 1.06. The second kappa shape index (κ2) is 33.1. The SMILES string of the molecule is c1ccc(-n2c3cc(-c4cccc(N(c5ccc(-c6cccc(-c7cccc8ccccc78)c6)cc5)c5ccc(-c6cccc7c6ccc6ccccc67)cc5)c4)ccc3c3ccc(-c4ccc5c(ccc6c(-c7ccc(N(c8ccc(-c9cccc(-c%10cccc%11ccccc%10%11)c9)cc8)c8ccc(-c9cccc%10c%11ccccc%11n(-c%11ccccc%11)c9%10)cc8)cc7)cccc65)c4)cc32)cc1. The van der Waals surface area contributed by atoms with E-state index in [0.29, 0.717) is 0 Å². The van der Waals surface area contributed by atoms with Gasteiger partial charge in [0.15, 0.2) is 0 Å². The summed E-state index contributed by atoms with van der Waals surface area (Å²) >= 11 is 0. The first-order chi connectivity index (χ1) is 67.4. The number of anilines is 6. The van der Waals surface area contributed by atoms with Gasteiger partial charge in [-0.3, -0.25) is 0 Å². The van der Waals surface area contributed by atoms with Crippen LogP contribution in [0.1, 0.15) is 0 Å². The van der Waals surface area contributed by atoms with Gasteiger partial charge in [0.1, 0.15) is 0 Å². The molecule has 0 saturated carbocycles. The summed E-state index contributed by atoms with van der Waals surface area (Å²) in [5, 5.41) is 19.7. The lowest BCUT2D eigenvalue weighted by atomic mass is 9.93. The van der Waals surface area contributed by atoms with Crippen molar-refractivity contribution in [1.29, 1.82) is 0 Å². The fourth-order valence-electron chi connectivity index (χ4n) is 21.5. The average Bonchev–Trinajstić information content (AvgIpc) is 1.53. The summed E-state index contributed by atoms with van der Waals surface area (Å²) in [4.78, 5) is 4.80. The molecule has 634 valence electrons. The monoisotopic (exact) mass is 1730 g/mol. The second-order valence-corrected chi connectivity index (χ2v) is 35.8. The van der Waals surface area contributed by atoms with Crippen LogP contribution in [-0.4, -0.2) is 9.13 Å². The van der Waals surface area contributed by atoms with Crippen LogP contribution in [0.5, 0.6) is 0 Å². The first kappa shape index (κ1) is 79.0. The molecule has 0 unspecified atom stereocenters. The summed E-state index contributed by atoms with van der Waals surface area (Å²) in [6, 6.07) is 193. The van der Waals surface area contributed by atoms with Crippen molar-refractivity contribution < 1.29 is 0 Å². The van der Waals surface area contributed by atoms with Gasteiger partial charge in [0.2, 0.25) is 0 Å². The Balaban J connectivity index is 0.525. The maximum Gasteiger partial charge on any atom is 0.0619 e. The third-order valence-electron chi connectivity index (χ3n) is 28.1. The largest absolute Gasteiger partial charge is 0.311 e. The van der Waals surface area contributed by atoms with Gasteiger partial charge < -0.3 is 18.9 Å². The van der Waals surface area contributed by atoms with Crippen LogP contribution in [0.25, 0.3) is 220 Å². The summed E-state index contributed by atoms with van der Waals surface area (Å²) in [5.41, 5.74) is 34.4. The summed E-state index contributed by atoms with van der Waals surface area (Å²) in [6.45, 7) is 0. The Hall–Kier alpha value is -18.0. The zero-order valence-electron chi connectivity index (χ0n) is 74.4. The zero-order chi connectivity index (χ0) is 89.7. The van der Waals surface area contributed by atoms with Crippen LogP contribution in [0.2, 0.25) is 0 Å². The van der Waals surface area contributed by atoms with E-state index in [1.165, 1.54) is 153 Å². The Bertz CT molecular complexity index is 9180. The Labute approximate surface area is 788 Å². The molecular formula is C132H86N4. The molecule has 4 heteroatoms. The van der Waals surface area contributed by atoms with Crippen LogP contribution < -0.4 is 9.80 Å². The van der Waals surface area contributed by atoms with Crippen molar-refractivity contribution in [2.45, 2.75) is 0 Å². The highest BCUT2D eigenvalue weighted by atomic mass is 15.1. The summed E-state index contributed by atoms with van der Waals surface area (Å²) < 4.78 is 4.89. The molecular weight excluding hydrogens is 1640 g/mol. The van der Waals surface area contributed by atoms with E-state index in [0.717, 1.165) is 101 Å². The molecule has 0 aliphatic rings. The Morgan fingerprint density at radius 2 is 0.426 bits per heavy atom. The van der Waals surface area contributed by atoms with Gasteiger partial charge in [-0.2, -0.15) is 0 Å². The molecule has 0 atom stereocenters. The Morgan fingerprint density at radius 1 is 0.125 bits per heavy atom. The molecule has 0 amide bonds. The van der Waals surface area contributed by atoms with E-state index in [9.17, 15) is 0 Å². The van der Waals surface area contributed by atoms with Crippen LogP contribution in [0, 0.1) is 0 Å². The van der Waals surface area contributed by atoms with Crippen molar-refractivity contribution in [1.82, 2.24) is 9.13 Å². The van der Waals surface area contributed by atoms with Gasteiger partial charge >= 0.3 is 0 Å². The van der Waals surface area contributed by atoms with Gasteiger partial charge in [0.05, 0.1) is 22.1 Å². The molecule has 0 radical (unpaired) electrons. The summed E-state index contributed by atoms with van der Waals surface area (Å²) in [5.74, 6) is 0. The van der Waals surface area contributed by atoms with Crippen LogP contribution in [-0.2, 0) is 0 Å². The van der Waals surface area contributed by atoms with Crippen molar-refractivity contribution in [3.05, 3.63) is 522 Å². The standard InChI is InChI=1S/C132H86N4/c1-3-33-104(34-4-1)135-130-85-99(97-30-17-37-111(84-97)134(110-72-57-93(58-73-110)115-44-20-47-121-114-40-12-9-25-91(114)61-77-123(115)121)109-68-53-88(54-69-109)96-29-16-32-102(82-96)118-43-19-27-90-24-8-11-39-113(90)118)63-79-126(130)127-80-64-100(86-131(127)135)98-62-76-119-103(83-98)65-78-124-116(45-21-48-122(119)124)92-55-70-107(71-56-92)133(106-66-51-87(52-67-106)95-28-15-31-101(81-95)117-42-18-26-89-23-7-10-38-112(89)117)108-74-59-94(60-75-108)120-46-22-49-128-125-41-13-14-50-129(125)136(132(120)128)105-35-5-2-6-36-105/h1-86H. The molecule has 0 saturated heterocycles. The van der Waals surface area contributed by atoms with E-state index in [-0.39, 0.29) is 0 Å². The quantitative estimate of drug-likeness (QED) is 0.0845. The Morgan fingerprint density at radius 3 is 0.934 bits per heavy atom. The number of hydrogen-bond donors (Lipinski definition) is 0. The molecule has 24 aromatic carbocycles. The smallest absolute Gasteiger partial charge is 0.0619 e. The van der Waals surface area contributed by atoms with Crippen LogP contribution in [0.3, 0.4) is 0 Å². The van der Waals surface area contributed by atoms with E-state index >= 15 is 0 Å². The molecule has 0 N–H and O–H groups in total. The Kier molecular flexibility index (Phi) is 19.3. The van der Waals surface area contributed by atoms with Crippen molar-refractivity contribution >= 4 is 142 Å². The summed E-state index contributed by atoms with van der Waals surface area (Å²) in [6.07, 6.45) is 0. The molecule has 26 rings (SSSR count). The van der Waals surface area contributed by atoms with Gasteiger partial charge in [0, 0.05) is 72.6 Å². The maximum atomic E-state index is 2.46. The highest BCUT2D eigenvalue weighted by Gasteiger charge is 2.24. The molecule has 2 heterocycles. The lowest BCUT2D eigenvalue weighted by Crippen LogP contribution is -2.10. The fraction of sp³-hybridized carbons (Fsp3) is 0. The molecule has 0 fully saturated rings. The topological polar surface area (TPSA) is 16.3 Å². The average molecular weight is 1730 g/mol. The highest BCUT2D eigenvalue weighted by Crippen LogP contribution is 2.48. The molecule has 2 aromatic heterocycles. The molecule has 26 aromatic rings. The number of para-hydroxylation sites is 4. The van der Waals surface area contributed by atoms with Gasteiger partial charge in [0.25, 0.3) is 0 Å². The lowest BCUT2D eigenvalue weighted by molar-refractivity contribution is 1.18. The number of aromatic nitrogens is 2. The van der Waals surface area contributed by atoms with E-state index < -0.39 is 0 Å². The summed E-state index contributed by atoms with van der Waals surface area (Å²) in [7, 11) is 0. The fourth-order valence-corrected chi connectivity index (χ4v) is 21.5. The van der Waals surface area contributed by atoms with E-state index in [1.54, 1.807) is 0 Å².